The molecule has 0 aliphatic carbocycles. The Balaban J connectivity index is 2.28. The summed E-state index contributed by atoms with van der Waals surface area (Å²) in [6, 6.07) is 5.71. The number of anilines is 1. The number of hydrogen-bond acceptors (Lipinski definition) is 3. The van der Waals surface area contributed by atoms with Gasteiger partial charge < -0.3 is 16.0 Å². The Labute approximate surface area is 110 Å². The first-order valence-corrected chi connectivity index (χ1v) is 5.71. The van der Waals surface area contributed by atoms with Gasteiger partial charge in [0, 0.05) is 5.69 Å². The predicted molar refractivity (Wildman–Crippen MR) is 71.0 cm³/mol. The normalized spacial score (nSPS) is 10.2. The van der Waals surface area contributed by atoms with Crippen molar-refractivity contribution in [2.24, 2.45) is 5.73 Å². The molecule has 2 aromatic rings. The Morgan fingerprint density at radius 3 is 2.74 bits per heavy atom. The number of aryl methyl sites for hydroxylation is 2. The molecule has 0 unspecified atom stereocenters. The minimum atomic E-state index is -0.719. The van der Waals surface area contributed by atoms with E-state index in [1.165, 1.54) is 6.33 Å². The first kappa shape index (κ1) is 12.8. The average Bonchev–Trinajstić information content (AvgIpc) is 2.83. The monoisotopic (exact) mass is 258 g/mol. The van der Waals surface area contributed by atoms with Gasteiger partial charge in [-0.3, -0.25) is 9.59 Å². The van der Waals surface area contributed by atoms with Crippen LogP contribution in [0.1, 0.15) is 32.1 Å². The standard InChI is InChI=1S/C13H14N4O2/c1-7-3-4-8(2)9(5-7)17-13(19)11-10(12(14)18)15-6-16-11/h3-6H,1-2H3,(H2,14,18)(H,15,16)(H,17,19). The highest BCUT2D eigenvalue weighted by Gasteiger charge is 2.18. The van der Waals surface area contributed by atoms with Crippen LogP contribution in [-0.4, -0.2) is 21.8 Å². The third-order valence-electron chi connectivity index (χ3n) is 2.74. The number of benzene rings is 1. The van der Waals surface area contributed by atoms with E-state index in [2.05, 4.69) is 15.3 Å². The topological polar surface area (TPSA) is 101 Å². The number of nitrogens with zero attached hydrogens (tertiary/aromatic N) is 1. The second kappa shape index (κ2) is 4.93. The molecule has 6 nitrogen and oxygen atoms in total. The van der Waals surface area contributed by atoms with Gasteiger partial charge in [-0.15, -0.1) is 0 Å². The minimum absolute atomic E-state index is 0.00260. The molecule has 1 heterocycles. The van der Waals surface area contributed by atoms with Crippen LogP contribution in [0.5, 0.6) is 0 Å². The Morgan fingerprint density at radius 2 is 2.05 bits per heavy atom. The first-order chi connectivity index (χ1) is 8.99. The highest BCUT2D eigenvalue weighted by atomic mass is 16.2. The van der Waals surface area contributed by atoms with Crippen molar-refractivity contribution in [3.05, 3.63) is 47.0 Å². The van der Waals surface area contributed by atoms with Gasteiger partial charge in [0.1, 0.15) is 5.69 Å². The molecule has 2 amide bonds. The molecule has 0 fully saturated rings. The van der Waals surface area contributed by atoms with Crippen LogP contribution in [0.25, 0.3) is 0 Å². The van der Waals surface area contributed by atoms with Gasteiger partial charge in [0.25, 0.3) is 11.8 Å². The molecule has 0 aliphatic rings. The molecule has 6 heteroatoms. The van der Waals surface area contributed by atoms with Crippen LogP contribution in [0.3, 0.4) is 0 Å². The number of carbonyl (C=O) groups excluding carboxylic acids is 2. The first-order valence-electron chi connectivity index (χ1n) is 5.71. The Hall–Kier alpha value is -2.63. The van der Waals surface area contributed by atoms with Crippen molar-refractivity contribution in [3.8, 4) is 0 Å². The van der Waals surface area contributed by atoms with Crippen LogP contribution in [0, 0.1) is 13.8 Å². The molecule has 0 atom stereocenters. The second-order valence-electron chi connectivity index (χ2n) is 4.26. The Kier molecular flexibility index (Phi) is 3.33. The zero-order chi connectivity index (χ0) is 14.0. The minimum Gasteiger partial charge on any atom is -0.364 e. The molecular weight excluding hydrogens is 244 g/mol. The molecule has 0 saturated carbocycles. The predicted octanol–water partition coefficient (Wildman–Crippen LogP) is 1.38. The van der Waals surface area contributed by atoms with Crippen molar-refractivity contribution >= 4 is 17.5 Å². The van der Waals surface area contributed by atoms with Gasteiger partial charge in [-0.2, -0.15) is 0 Å². The molecule has 0 spiro atoms. The number of carbonyl (C=O) groups is 2. The van der Waals surface area contributed by atoms with Crippen molar-refractivity contribution in [2.75, 3.05) is 5.32 Å². The molecule has 0 aliphatic heterocycles. The third-order valence-corrected chi connectivity index (χ3v) is 2.74. The second-order valence-corrected chi connectivity index (χ2v) is 4.26. The summed E-state index contributed by atoms with van der Waals surface area (Å²) in [6.07, 6.45) is 1.26. The molecule has 0 saturated heterocycles. The zero-order valence-electron chi connectivity index (χ0n) is 10.7. The lowest BCUT2D eigenvalue weighted by Crippen LogP contribution is -2.20. The Morgan fingerprint density at radius 1 is 1.32 bits per heavy atom. The Bertz CT molecular complexity index is 646. The van der Waals surface area contributed by atoms with Crippen LogP contribution < -0.4 is 11.1 Å². The number of primary amides is 1. The van der Waals surface area contributed by atoms with Crippen molar-refractivity contribution in [1.82, 2.24) is 9.97 Å². The summed E-state index contributed by atoms with van der Waals surface area (Å²) in [5.41, 5.74) is 7.79. The fourth-order valence-corrected chi connectivity index (χ4v) is 1.71. The van der Waals surface area contributed by atoms with E-state index >= 15 is 0 Å². The van der Waals surface area contributed by atoms with Crippen LogP contribution in [0.15, 0.2) is 24.5 Å². The van der Waals surface area contributed by atoms with E-state index in [1.807, 2.05) is 32.0 Å². The van der Waals surface area contributed by atoms with E-state index in [9.17, 15) is 9.59 Å². The van der Waals surface area contributed by atoms with Gasteiger partial charge >= 0.3 is 0 Å². The molecule has 4 N–H and O–H groups in total. The van der Waals surface area contributed by atoms with Gasteiger partial charge in [0.2, 0.25) is 0 Å². The number of H-pyrrole nitrogens is 1. The van der Waals surface area contributed by atoms with Crippen molar-refractivity contribution in [3.63, 3.8) is 0 Å². The van der Waals surface area contributed by atoms with E-state index in [4.69, 9.17) is 5.73 Å². The summed E-state index contributed by atoms with van der Waals surface area (Å²) in [5, 5.41) is 2.72. The lowest BCUT2D eigenvalue weighted by atomic mass is 10.1. The molecule has 0 radical (unpaired) electrons. The van der Waals surface area contributed by atoms with E-state index in [0.29, 0.717) is 5.69 Å². The molecular formula is C13H14N4O2. The number of hydrogen-bond donors (Lipinski definition) is 3. The summed E-state index contributed by atoms with van der Waals surface area (Å²) in [5.74, 6) is -1.19. The summed E-state index contributed by atoms with van der Waals surface area (Å²) >= 11 is 0. The molecule has 1 aromatic heterocycles. The maximum Gasteiger partial charge on any atom is 0.276 e. The average molecular weight is 258 g/mol. The fraction of sp³-hybridized carbons (Fsp3) is 0.154. The maximum absolute atomic E-state index is 12.1. The van der Waals surface area contributed by atoms with Gasteiger partial charge in [0.05, 0.1) is 6.33 Å². The van der Waals surface area contributed by atoms with E-state index < -0.39 is 11.8 Å². The van der Waals surface area contributed by atoms with Crippen molar-refractivity contribution in [2.45, 2.75) is 13.8 Å². The summed E-state index contributed by atoms with van der Waals surface area (Å²) < 4.78 is 0. The SMILES string of the molecule is Cc1ccc(C)c(NC(=O)c2nc[nH]c2C(N)=O)c1. The highest BCUT2D eigenvalue weighted by Crippen LogP contribution is 2.17. The fourth-order valence-electron chi connectivity index (χ4n) is 1.71. The zero-order valence-corrected chi connectivity index (χ0v) is 10.7. The van der Waals surface area contributed by atoms with Gasteiger partial charge in [-0.1, -0.05) is 12.1 Å². The van der Waals surface area contributed by atoms with Gasteiger partial charge in [-0.05, 0) is 31.0 Å². The van der Waals surface area contributed by atoms with E-state index in [0.717, 1.165) is 11.1 Å². The molecule has 0 bridgehead atoms. The van der Waals surface area contributed by atoms with Crippen LogP contribution in [-0.2, 0) is 0 Å². The van der Waals surface area contributed by atoms with Crippen LogP contribution >= 0.6 is 0 Å². The maximum atomic E-state index is 12.1. The lowest BCUT2D eigenvalue weighted by Gasteiger charge is -2.08. The largest absolute Gasteiger partial charge is 0.364 e. The molecule has 19 heavy (non-hydrogen) atoms. The summed E-state index contributed by atoms with van der Waals surface area (Å²) in [6.45, 7) is 3.81. The number of nitrogens with two attached hydrogens (primary N) is 1. The number of amides is 2. The number of imidazole rings is 1. The van der Waals surface area contributed by atoms with Gasteiger partial charge in [0.15, 0.2) is 5.69 Å². The summed E-state index contributed by atoms with van der Waals surface area (Å²) in [4.78, 5) is 29.6. The number of nitrogens with one attached hydrogen (secondary N) is 2. The number of rotatable bonds is 3. The molecule has 2 rings (SSSR count). The van der Waals surface area contributed by atoms with Crippen molar-refractivity contribution < 1.29 is 9.59 Å². The number of aromatic amines is 1. The van der Waals surface area contributed by atoms with Crippen LogP contribution in [0.4, 0.5) is 5.69 Å². The number of aromatic nitrogens is 2. The third kappa shape index (κ3) is 2.62. The molecule has 98 valence electrons. The summed E-state index contributed by atoms with van der Waals surface area (Å²) in [7, 11) is 0. The molecule has 1 aromatic carbocycles. The lowest BCUT2D eigenvalue weighted by molar-refractivity contribution is 0.0972. The quantitative estimate of drug-likeness (QED) is 0.775. The van der Waals surface area contributed by atoms with Gasteiger partial charge in [-0.25, -0.2) is 4.98 Å². The highest BCUT2D eigenvalue weighted by molar-refractivity contribution is 6.09. The van der Waals surface area contributed by atoms with Crippen molar-refractivity contribution in [1.29, 1.82) is 0 Å². The smallest absolute Gasteiger partial charge is 0.276 e. The van der Waals surface area contributed by atoms with E-state index in [-0.39, 0.29) is 11.4 Å². The van der Waals surface area contributed by atoms with E-state index in [1.54, 1.807) is 0 Å². The van der Waals surface area contributed by atoms with Crippen LogP contribution in [0.2, 0.25) is 0 Å².